The quantitative estimate of drug-likeness (QED) is 0.628. The first-order valence-electron chi connectivity index (χ1n) is 4.74. The van der Waals surface area contributed by atoms with Crippen LogP contribution in [0.15, 0.2) is 16.7 Å². The highest BCUT2D eigenvalue weighted by Crippen LogP contribution is 2.15. The SMILES string of the molecule is Cc1nc(C)c(C(=O)c2c[nH]c(C=O)c2)o1. The summed E-state index contributed by atoms with van der Waals surface area (Å²) in [5, 5.41) is 0. The number of carbonyl (C=O) groups is 2. The van der Waals surface area contributed by atoms with Crippen LogP contribution in [0, 0.1) is 13.8 Å². The van der Waals surface area contributed by atoms with Gasteiger partial charge in [0.15, 0.2) is 17.9 Å². The third kappa shape index (κ3) is 1.67. The van der Waals surface area contributed by atoms with Gasteiger partial charge in [-0.2, -0.15) is 0 Å². The van der Waals surface area contributed by atoms with E-state index in [2.05, 4.69) is 9.97 Å². The Kier molecular flexibility index (Phi) is 2.44. The summed E-state index contributed by atoms with van der Waals surface area (Å²) in [6, 6.07) is 1.48. The van der Waals surface area contributed by atoms with E-state index in [1.807, 2.05) is 0 Å². The fourth-order valence-electron chi connectivity index (χ4n) is 1.48. The van der Waals surface area contributed by atoms with Gasteiger partial charge < -0.3 is 9.40 Å². The highest BCUT2D eigenvalue weighted by molar-refractivity contribution is 6.08. The Morgan fingerprint density at radius 3 is 2.75 bits per heavy atom. The lowest BCUT2D eigenvalue weighted by molar-refractivity contribution is 0.101. The zero-order chi connectivity index (χ0) is 11.7. The average molecular weight is 218 g/mol. The molecular weight excluding hydrogens is 208 g/mol. The Morgan fingerprint density at radius 1 is 1.50 bits per heavy atom. The molecule has 0 saturated heterocycles. The minimum Gasteiger partial charge on any atom is -0.437 e. The van der Waals surface area contributed by atoms with Crippen molar-refractivity contribution in [3.8, 4) is 0 Å². The van der Waals surface area contributed by atoms with Crippen molar-refractivity contribution in [2.45, 2.75) is 13.8 Å². The normalized spacial score (nSPS) is 10.4. The number of aryl methyl sites for hydroxylation is 2. The van der Waals surface area contributed by atoms with E-state index in [9.17, 15) is 9.59 Å². The summed E-state index contributed by atoms with van der Waals surface area (Å²) in [5.74, 6) is 0.392. The molecule has 0 aromatic carbocycles. The summed E-state index contributed by atoms with van der Waals surface area (Å²) in [5.41, 5.74) is 1.30. The minimum absolute atomic E-state index is 0.217. The number of hydrogen-bond acceptors (Lipinski definition) is 4. The van der Waals surface area contributed by atoms with Gasteiger partial charge in [-0.3, -0.25) is 9.59 Å². The number of nitrogens with one attached hydrogen (secondary N) is 1. The second-order valence-corrected chi connectivity index (χ2v) is 3.44. The van der Waals surface area contributed by atoms with Gasteiger partial charge >= 0.3 is 0 Å². The van der Waals surface area contributed by atoms with Gasteiger partial charge in [-0.25, -0.2) is 4.98 Å². The van der Waals surface area contributed by atoms with Crippen molar-refractivity contribution in [2.24, 2.45) is 0 Å². The number of ketones is 1. The largest absolute Gasteiger partial charge is 0.437 e. The summed E-state index contributed by atoms with van der Waals surface area (Å²) in [7, 11) is 0. The first-order valence-corrected chi connectivity index (χ1v) is 4.74. The molecule has 0 spiro atoms. The Labute approximate surface area is 91.5 Å². The Balaban J connectivity index is 2.38. The molecule has 82 valence electrons. The van der Waals surface area contributed by atoms with Crippen molar-refractivity contribution in [3.05, 3.63) is 40.9 Å². The van der Waals surface area contributed by atoms with Crippen LogP contribution >= 0.6 is 0 Å². The molecule has 2 aromatic rings. The topological polar surface area (TPSA) is 76.0 Å². The van der Waals surface area contributed by atoms with E-state index < -0.39 is 0 Å². The molecular formula is C11H10N2O3. The molecule has 0 fully saturated rings. The summed E-state index contributed by atoms with van der Waals surface area (Å²) >= 11 is 0. The summed E-state index contributed by atoms with van der Waals surface area (Å²) in [6.07, 6.45) is 2.12. The lowest BCUT2D eigenvalue weighted by Crippen LogP contribution is -2.00. The van der Waals surface area contributed by atoms with Gasteiger partial charge in [0.05, 0.1) is 11.4 Å². The van der Waals surface area contributed by atoms with E-state index in [0.29, 0.717) is 29.1 Å². The molecule has 0 aliphatic heterocycles. The van der Waals surface area contributed by atoms with Crippen molar-refractivity contribution >= 4 is 12.1 Å². The van der Waals surface area contributed by atoms with Crippen LogP contribution in [0.4, 0.5) is 0 Å². The molecule has 0 saturated carbocycles. The molecule has 0 radical (unpaired) electrons. The average Bonchev–Trinajstić information content (AvgIpc) is 2.84. The summed E-state index contributed by atoms with van der Waals surface area (Å²) in [6.45, 7) is 3.38. The van der Waals surface area contributed by atoms with Crippen molar-refractivity contribution in [1.82, 2.24) is 9.97 Å². The van der Waals surface area contributed by atoms with Crippen LogP contribution in [0.1, 0.15) is 38.2 Å². The van der Waals surface area contributed by atoms with Gasteiger partial charge in [-0.05, 0) is 13.0 Å². The van der Waals surface area contributed by atoms with Crippen molar-refractivity contribution < 1.29 is 14.0 Å². The van der Waals surface area contributed by atoms with E-state index >= 15 is 0 Å². The van der Waals surface area contributed by atoms with E-state index in [-0.39, 0.29) is 11.5 Å². The molecule has 0 aliphatic carbocycles. The molecule has 0 atom stereocenters. The van der Waals surface area contributed by atoms with E-state index in [1.165, 1.54) is 12.3 Å². The monoisotopic (exact) mass is 218 g/mol. The predicted molar refractivity (Wildman–Crippen MR) is 55.6 cm³/mol. The van der Waals surface area contributed by atoms with E-state index in [1.54, 1.807) is 13.8 Å². The number of nitrogens with zero attached hydrogens (tertiary/aromatic N) is 1. The first-order chi connectivity index (χ1) is 7.61. The standard InChI is InChI=1S/C11H10N2O3/c1-6-11(16-7(2)13-6)10(15)8-3-9(5-14)12-4-8/h3-5,12H,1-2H3. The molecule has 0 unspecified atom stereocenters. The van der Waals surface area contributed by atoms with Gasteiger partial charge in [0.1, 0.15) is 0 Å². The summed E-state index contributed by atoms with van der Waals surface area (Å²) in [4.78, 5) is 29.1. The molecule has 2 aromatic heterocycles. The molecule has 5 nitrogen and oxygen atoms in total. The van der Waals surface area contributed by atoms with Crippen LogP contribution in [0.3, 0.4) is 0 Å². The van der Waals surface area contributed by atoms with Crippen molar-refractivity contribution in [3.63, 3.8) is 0 Å². The zero-order valence-electron chi connectivity index (χ0n) is 8.90. The number of aromatic amines is 1. The second kappa shape index (κ2) is 3.77. The predicted octanol–water partition coefficient (Wildman–Crippen LogP) is 1.66. The van der Waals surface area contributed by atoms with Crippen molar-refractivity contribution in [1.29, 1.82) is 0 Å². The highest BCUT2D eigenvalue weighted by Gasteiger charge is 2.18. The fraction of sp³-hybridized carbons (Fsp3) is 0.182. The maximum Gasteiger partial charge on any atom is 0.231 e. The van der Waals surface area contributed by atoms with Gasteiger partial charge in [0.2, 0.25) is 5.78 Å². The van der Waals surface area contributed by atoms with Gasteiger partial charge in [-0.15, -0.1) is 0 Å². The Morgan fingerprint density at radius 2 is 2.25 bits per heavy atom. The fourth-order valence-corrected chi connectivity index (χ4v) is 1.48. The molecule has 0 bridgehead atoms. The number of carbonyl (C=O) groups excluding carboxylic acids is 2. The van der Waals surface area contributed by atoms with Crippen LogP contribution in [0.2, 0.25) is 0 Å². The Hall–Kier alpha value is -2.17. The number of hydrogen-bond donors (Lipinski definition) is 1. The minimum atomic E-state index is -0.276. The third-order valence-corrected chi connectivity index (χ3v) is 2.20. The lowest BCUT2D eigenvalue weighted by atomic mass is 10.1. The van der Waals surface area contributed by atoms with Crippen LogP contribution in [0.5, 0.6) is 0 Å². The highest BCUT2D eigenvalue weighted by atomic mass is 16.4. The number of aromatic nitrogens is 2. The molecule has 16 heavy (non-hydrogen) atoms. The molecule has 2 heterocycles. The maximum absolute atomic E-state index is 11.9. The molecule has 0 aliphatic rings. The smallest absolute Gasteiger partial charge is 0.231 e. The third-order valence-electron chi connectivity index (χ3n) is 2.20. The van der Waals surface area contributed by atoms with Crippen LogP contribution in [-0.4, -0.2) is 22.0 Å². The van der Waals surface area contributed by atoms with E-state index in [0.717, 1.165) is 0 Å². The number of rotatable bonds is 3. The second-order valence-electron chi connectivity index (χ2n) is 3.44. The number of oxazole rings is 1. The summed E-state index contributed by atoms with van der Waals surface area (Å²) < 4.78 is 5.21. The van der Waals surface area contributed by atoms with Gasteiger partial charge in [-0.1, -0.05) is 0 Å². The number of H-pyrrole nitrogens is 1. The Bertz CT molecular complexity index is 551. The first kappa shape index (κ1) is 10.4. The molecule has 0 amide bonds. The van der Waals surface area contributed by atoms with Crippen LogP contribution < -0.4 is 0 Å². The maximum atomic E-state index is 11.9. The van der Waals surface area contributed by atoms with E-state index in [4.69, 9.17) is 4.42 Å². The van der Waals surface area contributed by atoms with Crippen molar-refractivity contribution in [2.75, 3.05) is 0 Å². The molecule has 1 N–H and O–H groups in total. The van der Waals surface area contributed by atoms with Gasteiger partial charge in [0, 0.05) is 18.7 Å². The van der Waals surface area contributed by atoms with Crippen LogP contribution in [0.25, 0.3) is 0 Å². The molecule has 2 rings (SSSR count). The van der Waals surface area contributed by atoms with Gasteiger partial charge in [0.25, 0.3) is 0 Å². The number of aldehydes is 1. The lowest BCUT2D eigenvalue weighted by Gasteiger charge is -1.92. The van der Waals surface area contributed by atoms with Crippen LogP contribution in [-0.2, 0) is 0 Å². The molecule has 5 heteroatoms. The zero-order valence-corrected chi connectivity index (χ0v) is 8.90.